The van der Waals surface area contributed by atoms with Crippen LogP contribution in [0.4, 0.5) is 0 Å². The third kappa shape index (κ3) is 24.3. The van der Waals surface area contributed by atoms with Gasteiger partial charge >= 0.3 is 0 Å². The van der Waals surface area contributed by atoms with Crippen molar-refractivity contribution in [2.75, 3.05) is 66.1 Å². The van der Waals surface area contributed by atoms with Crippen LogP contribution in [0.25, 0.3) is 0 Å². The third-order valence-corrected chi connectivity index (χ3v) is 17.5. The number of carbonyl (C=O) groups is 5. The molecule has 0 atom stereocenters. The van der Waals surface area contributed by atoms with E-state index >= 15 is 0 Å². The Morgan fingerprint density at radius 3 is 0.907 bits per heavy atom. The number of ether oxygens (including phenoxy) is 10. The monoisotopic (exact) mass is 1480 g/mol. The number of aryl methyl sites for hydroxylation is 9. The van der Waals surface area contributed by atoms with Gasteiger partial charge < -0.3 is 47.4 Å². The number of hydrogen-bond acceptors (Lipinski definition) is 26. The molecule has 26 heteroatoms. The zero-order valence-electron chi connectivity index (χ0n) is 61.9. The van der Waals surface area contributed by atoms with Gasteiger partial charge in [0.25, 0.3) is 0 Å². The first-order valence-electron chi connectivity index (χ1n) is 35.5. The van der Waals surface area contributed by atoms with Gasteiger partial charge in [0.2, 0.25) is 0 Å². The van der Waals surface area contributed by atoms with Crippen LogP contribution < -0.4 is 23.7 Å². The summed E-state index contributed by atoms with van der Waals surface area (Å²) in [5, 5.41) is 2.76. The molecule has 10 aromatic rings. The van der Waals surface area contributed by atoms with E-state index in [0.29, 0.717) is 123 Å². The van der Waals surface area contributed by atoms with E-state index in [1.807, 2.05) is 165 Å². The summed E-state index contributed by atoms with van der Waals surface area (Å²) in [6, 6.07) is 38.3. The van der Waals surface area contributed by atoms with E-state index in [4.69, 9.17) is 47.4 Å². The van der Waals surface area contributed by atoms with E-state index in [2.05, 4.69) is 49.8 Å². The molecule has 5 fully saturated rings. The maximum Gasteiger partial charge on any atom is 0.188 e. The predicted octanol–water partition coefficient (Wildman–Crippen LogP) is 11.2. The maximum atomic E-state index is 12.4. The first-order chi connectivity index (χ1) is 52.1. The van der Waals surface area contributed by atoms with Crippen LogP contribution in [-0.4, -0.2) is 175 Å². The van der Waals surface area contributed by atoms with Crippen molar-refractivity contribution in [2.24, 2.45) is 0 Å². The number of nitrogens with zero attached hydrogens (tertiary/aromatic N) is 10. The van der Waals surface area contributed by atoms with Crippen molar-refractivity contribution in [1.29, 1.82) is 0 Å². The first-order valence-corrected chi connectivity index (χ1v) is 36.4. The summed E-state index contributed by atoms with van der Waals surface area (Å²) < 4.78 is 54.2. The van der Waals surface area contributed by atoms with Gasteiger partial charge in [0, 0.05) is 147 Å². The summed E-state index contributed by atoms with van der Waals surface area (Å²) in [5.74, 6) is 3.07. The topological polar surface area (TPSA) is 307 Å². The standard InChI is InChI=1S/3C17H18N2O3.C16H16N2O3.C15H16N2O3S/c1-11-3-4-13(18-8-11)6-17(20)16-7-14(5-12(2)19-16)22-15-9-21-10-15;2*1-11-4-3-5-13(18-11)7-17(20)16-8-14(6-12(2)19-16)22-15-9-21-10-15;1-11-6-13(21-14-9-20-10-14)8-15(18-11)16(19)7-12-4-2-3-5-17-12;1-9-3-11(20-12-6-19-7-12)4-13(16-9)14(18)5-15-17-10(2)8-21-15/h3-5,7-8,15H,6,9-10H2,1-2H3;2*3-6,8,15H,7,9-10H2,1-2H3;2-6,8,14H,7,9-10H2,1H3;3-4,8,12H,5-7H2,1-2H3. The molecule has 5 aliphatic heterocycles. The fourth-order valence-electron chi connectivity index (χ4n) is 10.8. The van der Waals surface area contributed by atoms with Crippen LogP contribution in [0.1, 0.15) is 131 Å². The minimum absolute atomic E-state index is 0.0391. The first kappa shape index (κ1) is 78.2. The molecule has 5 saturated heterocycles. The molecule has 560 valence electrons. The Labute approximate surface area is 630 Å². The summed E-state index contributed by atoms with van der Waals surface area (Å²) in [6.45, 7) is 22.9. The SMILES string of the molecule is Cc1cc(OC2COC2)cc(C(=O)Cc2ccccn2)n1.Cc1cc(OC2COC2)cc(C(=O)Cc2nc(C)cs2)n1.Cc1ccc(CC(=O)c2cc(OC3COC3)cc(C)n2)nc1.Cc1cccc(CC(=O)c2cc(OC3COC3)cc(C)n2)n1.Cc1cccc(CC(=O)c2cc(OC3COC3)cc(C)n2)n1. The summed E-state index contributed by atoms with van der Waals surface area (Å²) >= 11 is 1.50. The molecule has 108 heavy (non-hydrogen) atoms. The van der Waals surface area contributed by atoms with Crippen molar-refractivity contribution in [3.05, 3.63) is 253 Å². The van der Waals surface area contributed by atoms with E-state index in [1.54, 1.807) is 42.7 Å². The lowest BCUT2D eigenvalue weighted by Crippen LogP contribution is -2.38. The van der Waals surface area contributed by atoms with Crippen LogP contribution >= 0.6 is 11.3 Å². The van der Waals surface area contributed by atoms with Crippen LogP contribution in [0, 0.1) is 62.3 Å². The summed E-state index contributed by atoms with van der Waals surface area (Å²) in [5.41, 5.74) is 12.7. The molecule has 0 N–H and O–H groups in total. The average Bonchev–Trinajstić information content (AvgIpc) is 1.05. The molecule has 5 aliphatic rings. The fraction of sp³-hybridized carbons (Fsp3) is 0.354. The molecule has 0 saturated carbocycles. The number of carbonyl (C=O) groups excluding carboxylic acids is 5. The second-order valence-corrected chi connectivity index (χ2v) is 27.5. The number of rotatable bonds is 25. The highest BCUT2D eigenvalue weighted by Crippen LogP contribution is 2.26. The fourth-order valence-corrected chi connectivity index (χ4v) is 11.6. The van der Waals surface area contributed by atoms with Crippen molar-refractivity contribution in [1.82, 2.24) is 49.8 Å². The lowest BCUT2D eigenvalue weighted by molar-refractivity contribution is -0.0797. The molecule has 10 aromatic heterocycles. The predicted molar refractivity (Wildman–Crippen MR) is 399 cm³/mol. The molecule has 0 unspecified atom stereocenters. The van der Waals surface area contributed by atoms with Gasteiger partial charge in [-0.15, -0.1) is 11.3 Å². The summed E-state index contributed by atoms with van der Waals surface area (Å²) in [7, 11) is 0. The van der Waals surface area contributed by atoms with E-state index in [-0.39, 0.29) is 91.5 Å². The Morgan fingerprint density at radius 2 is 0.639 bits per heavy atom. The number of ketones is 5. The molecule has 0 aliphatic carbocycles. The average molecular weight is 1480 g/mol. The zero-order valence-corrected chi connectivity index (χ0v) is 62.7. The van der Waals surface area contributed by atoms with Gasteiger partial charge in [-0.05, 0) is 110 Å². The number of Topliss-reactive ketones (excluding diaryl/α,β-unsaturated/α-hetero) is 5. The summed E-state index contributed by atoms with van der Waals surface area (Å²) in [4.78, 5) is 105. The molecule has 0 bridgehead atoms. The van der Waals surface area contributed by atoms with Gasteiger partial charge in [-0.25, -0.2) is 29.9 Å². The zero-order chi connectivity index (χ0) is 76.1. The molecule has 15 rings (SSSR count). The Kier molecular flexibility index (Phi) is 27.6. The molecule has 0 spiro atoms. The van der Waals surface area contributed by atoms with Crippen LogP contribution in [0.15, 0.2) is 145 Å². The van der Waals surface area contributed by atoms with Gasteiger partial charge in [-0.2, -0.15) is 0 Å². The van der Waals surface area contributed by atoms with Crippen molar-refractivity contribution in [2.45, 2.75) is 125 Å². The van der Waals surface area contributed by atoms with Crippen molar-refractivity contribution >= 4 is 40.3 Å². The Hall–Kier alpha value is -10.9. The molecule has 0 radical (unpaired) electrons. The molecule has 0 amide bonds. The van der Waals surface area contributed by atoms with Crippen LogP contribution in [0.3, 0.4) is 0 Å². The van der Waals surface area contributed by atoms with Gasteiger partial charge in [0.15, 0.2) is 28.9 Å². The number of pyridine rings is 9. The van der Waals surface area contributed by atoms with E-state index in [0.717, 1.165) is 78.9 Å². The van der Waals surface area contributed by atoms with Gasteiger partial charge in [-0.1, -0.05) is 24.3 Å². The Morgan fingerprint density at radius 1 is 0.324 bits per heavy atom. The van der Waals surface area contributed by atoms with E-state index in [1.165, 1.54) is 11.3 Å². The van der Waals surface area contributed by atoms with Crippen LogP contribution in [0.5, 0.6) is 28.7 Å². The quantitative estimate of drug-likeness (QED) is 0.0480. The second kappa shape index (κ2) is 38.1. The minimum atomic E-state index is -0.0629. The smallest absolute Gasteiger partial charge is 0.188 e. The number of aromatic nitrogens is 10. The largest absolute Gasteiger partial charge is 0.485 e. The lowest BCUT2D eigenvalue weighted by atomic mass is 10.1. The van der Waals surface area contributed by atoms with Crippen molar-refractivity contribution in [3.8, 4) is 28.7 Å². The van der Waals surface area contributed by atoms with Gasteiger partial charge in [0.05, 0.1) is 98.2 Å². The lowest BCUT2D eigenvalue weighted by Gasteiger charge is -2.26. The molecular formula is C82H86N10O15S. The molecular weight excluding hydrogens is 1400 g/mol. The summed E-state index contributed by atoms with van der Waals surface area (Å²) in [6.07, 6.45) is 5.05. The number of hydrogen-bond donors (Lipinski definition) is 0. The minimum Gasteiger partial charge on any atom is -0.485 e. The number of thiazole rings is 1. The van der Waals surface area contributed by atoms with Gasteiger partial charge in [-0.3, -0.25) is 43.9 Å². The molecule has 25 nitrogen and oxygen atoms in total. The molecule has 0 aromatic carbocycles. The highest BCUT2D eigenvalue weighted by molar-refractivity contribution is 7.09. The van der Waals surface area contributed by atoms with E-state index in [9.17, 15) is 24.0 Å². The normalized spacial score (nSPS) is 14.5. The Bertz CT molecular complexity index is 4630. The third-order valence-electron chi connectivity index (χ3n) is 16.6. The van der Waals surface area contributed by atoms with Crippen molar-refractivity contribution in [3.63, 3.8) is 0 Å². The van der Waals surface area contributed by atoms with Crippen molar-refractivity contribution < 1.29 is 71.3 Å². The highest BCUT2D eigenvalue weighted by Gasteiger charge is 2.27. The van der Waals surface area contributed by atoms with E-state index < -0.39 is 0 Å². The highest BCUT2D eigenvalue weighted by atomic mass is 32.1. The molecule has 15 heterocycles. The van der Waals surface area contributed by atoms with Crippen LogP contribution in [-0.2, 0) is 55.8 Å². The van der Waals surface area contributed by atoms with Gasteiger partial charge in [0.1, 0.15) is 92.7 Å². The Balaban J connectivity index is 0.000000134. The maximum absolute atomic E-state index is 12.4. The second-order valence-electron chi connectivity index (χ2n) is 26.6. The van der Waals surface area contributed by atoms with Crippen LogP contribution in [0.2, 0.25) is 0 Å².